The Morgan fingerprint density at radius 3 is 2.70 bits per heavy atom. The van der Waals surface area contributed by atoms with Crippen LogP contribution in [0, 0.1) is 13.8 Å². The summed E-state index contributed by atoms with van der Waals surface area (Å²) in [6.45, 7) is 11.5. The second-order valence-corrected chi connectivity index (χ2v) is 7.39. The van der Waals surface area contributed by atoms with E-state index in [4.69, 9.17) is 4.74 Å². The summed E-state index contributed by atoms with van der Waals surface area (Å²) >= 11 is 0. The van der Waals surface area contributed by atoms with Crippen molar-refractivity contribution in [3.05, 3.63) is 46.3 Å². The Bertz CT molecular complexity index is 850. The van der Waals surface area contributed by atoms with Gasteiger partial charge in [-0.3, -0.25) is 9.48 Å². The van der Waals surface area contributed by atoms with Gasteiger partial charge in [0, 0.05) is 56.1 Å². The van der Waals surface area contributed by atoms with E-state index in [1.807, 2.05) is 9.58 Å². The minimum Gasteiger partial charge on any atom is -0.376 e. The van der Waals surface area contributed by atoms with E-state index < -0.39 is 0 Å². The highest BCUT2D eigenvalue weighted by molar-refractivity contribution is 5.94. The second-order valence-electron chi connectivity index (χ2n) is 7.39. The fourth-order valence-corrected chi connectivity index (χ4v) is 4.12. The van der Waals surface area contributed by atoms with Crippen molar-refractivity contribution in [2.45, 2.75) is 40.3 Å². The standard InChI is InChI=1S/C21H28N4O2/c1-4-25-19-8-13-27-14-17(19)20(22-25)21(26)24-11-9-23(10-12-24)18-7-5-6-15(2)16(18)3/h5-7H,4,8-14H2,1-3H3. The maximum atomic E-state index is 13.1. The lowest BCUT2D eigenvalue weighted by Crippen LogP contribution is -2.49. The Kier molecular flexibility index (Phi) is 4.91. The number of aromatic nitrogens is 2. The van der Waals surface area contributed by atoms with Crippen LogP contribution in [0.4, 0.5) is 5.69 Å². The van der Waals surface area contributed by atoms with E-state index in [1.54, 1.807) is 0 Å². The van der Waals surface area contributed by atoms with Gasteiger partial charge >= 0.3 is 0 Å². The number of carbonyl (C=O) groups is 1. The fourth-order valence-electron chi connectivity index (χ4n) is 4.12. The van der Waals surface area contributed by atoms with E-state index in [0.29, 0.717) is 18.9 Å². The molecule has 0 bridgehead atoms. The zero-order valence-corrected chi connectivity index (χ0v) is 16.5. The largest absolute Gasteiger partial charge is 0.376 e. The molecular weight excluding hydrogens is 340 g/mol. The smallest absolute Gasteiger partial charge is 0.274 e. The second kappa shape index (κ2) is 7.35. The van der Waals surface area contributed by atoms with Gasteiger partial charge in [-0.05, 0) is 38.0 Å². The van der Waals surface area contributed by atoms with Crippen LogP contribution >= 0.6 is 0 Å². The first-order valence-electron chi connectivity index (χ1n) is 9.87. The number of hydrogen-bond acceptors (Lipinski definition) is 4. The van der Waals surface area contributed by atoms with Gasteiger partial charge in [-0.15, -0.1) is 0 Å². The average Bonchev–Trinajstić information content (AvgIpc) is 3.08. The van der Waals surface area contributed by atoms with Crippen molar-refractivity contribution in [1.82, 2.24) is 14.7 Å². The predicted molar refractivity (Wildman–Crippen MR) is 105 cm³/mol. The molecule has 0 spiro atoms. The predicted octanol–water partition coefficient (Wildman–Crippen LogP) is 2.55. The van der Waals surface area contributed by atoms with Crippen molar-refractivity contribution in [1.29, 1.82) is 0 Å². The average molecular weight is 368 g/mol. The first-order chi connectivity index (χ1) is 13.1. The molecule has 0 saturated carbocycles. The summed E-state index contributed by atoms with van der Waals surface area (Å²) in [6.07, 6.45) is 0.837. The molecule has 1 fully saturated rings. The molecule has 2 aliphatic heterocycles. The molecule has 4 rings (SSSR count). The number of hydrogen-bond donors (Lipinski definition) is 0. The highest BCUT2D eigenvalue weighted by Gasteiger charge is 2.30. The van der Waals surface area contributed by atoms with Gasteiger partial charge in [0.25, 0.3) is 5.91 Å². The molecule has 27 heavy (non-hydrogen) atoms. The van der Waals surface area contributed by atoms with Gasteiger partial charge in [-0.2, -0.15) is 5.10 Å². The van der Waals surface area contributed by atoms with Crippen LogP contribution in [0.1, 0.15) is 39.8 Å². The maximum Gasteiger partial charge on any atom is 0.274 e. The molecule has 144 valence electrons. The van der Waals surface area contributed by atoms with Crippen molar-refractivity contribution < 1.29 is 9.53 Å². The molecule has 2 aliphatic rings. The van der Waals surface area contributed by atoms with Gasteiger partial charge in [-0.25, -0.2) is 0 Å². The number of ether oxygens (including phenoxy) is 1. The fraction of sp³-hybridized carbons (Fsp3) is 0.524. The van der Waals surface area contributed by atoms with Crippen molar-refractivity contribution in [2.24, 2.45) is 0 Å². The first-order valence-corrected chi connectivity index (χ1v) is 9.87. The lowest BCUT2D eigenvalue weighted by molar-refractivity contribution is 0.0727. The molecule has 1 aromatic heterocycles. The summed E-state index contributed by atoms with van der Waals surface area (Å²) < 4.78 is 7.57. The quantitative estimate of drug-likeness (QED) is 0.836. The Labute approximate surface area is 160 Å². The highest BCUT2D eigenvalue weighted by atomic mass is 16.5. The summed E-state index contributed by atoms with van der Waals surface area (Å²) in [5.74, 6) is 0.0459. The Balaban J connectivity index is 1.49. The topological polar surface area (TPSA) is 50.6 Å². The first kappa shape index (κ1) is 18.0. The van der Waals surface area contributed by atoms with Crippen LogP contribution in [0.5, 0.6) is 0 Å². The number of carbonyl (C=O) groups excluding carboxylic acids is 1. The number of fused-ring (bicyclic) bond motifs is 1. The van der Waals surface area contributed by atoms with E-state index in [9.17, 15) is 4.79 Å². The van der Waals surface area contributed by atoms with Crippen LogP contribution in [0.15, 0.2) is 18.2 Å². The Morgan fingerprint density at radius 2 is 1.96 bits per heavy atom. The van der Waals surface area contributed by atoms with E-state index in [1.165, 1.54) is 22.5 Å². The third kappa shape index (κ3) is 3.23. The number of benzene rings is 1. The SMILES string of the molecule is CCn1nc(C(=O)N2CCN(c3cccc(C)c3C)CC2)c2c1CCOC2. The van der Waals surface area contributed by atoms with Gasteiger partial charge in [0.05, 0.1) is 13.2 Å². The van der Waals surface area contributed by atoms with E-state index in [2.05, 4.69) is 49.0 Å². The van der Waals surface area contributed by atoms with Gasteiger partial charge in [0.15, 0.2) is 5.69 Å². The van der Waals surface area contributed by atoms with Gasteiger partial charge < -0.3 is 14.5 Å². The molecule has 3 heterocycles. The molecule has 1 saturated heterocycles. The van der Waals surface area contributed by atoms with Crippen LogP contribution < -0.4 is 4.90 Å². The van der Waals surface area contributed by atoms with E-state index in [-0.39, 0.29) is 5.91 Å². The van der Waals surface area contributed by atoms with E-state index in [0.717, 1.165) is 44.7 Å². The van der Waals surface area contributed by atoms with Gasteiger partial charge in [0.2, 0.25) is 0 Å². The lowest BCUT2D eigenvalue weighted by Gasteiger charge is -2.37. The van der Waals surface area contributed by atoms with Crippen molar-refractivity contribution in [2.75, 3.05) is 37.7 Å². The molecule has 1 aromatic carbocycles. The zero-order chi connectivity index (χ0) is 19.0. The van der Waals surface area contributed by atoms with Crippen LogP contribution in [-0.4, -0.2) is 53.4 Å². The number of aryl methyl sites for hydroxylation is 2. The Morgan fingerprint density at radius 1 is 1.19 bits per heavy atom. The van der Waals surface area contributed by atoms with Crippen molar-refractivity contribution in [3.63, 3.8) is 0 Å². The third-order valence-corrected chi connectivity index (χ3v) is 5.88. The molecule has 0 aliphatic carbocycles. The minimum absolute atomic E-state index is 0.0459. The summed E-state index contributed by atoms with van der Waals surface area (Å²) in [5.41, 5.74) is 6.66. The monoisotopic (exact) mass is 368 g/mol. The molecular formula is C21H28N4O2. The summed E-state index contributed by atoms with van der Waals surface area (Å²) in [7, 11) is 0. The third-order valence-electron chi connectivity index (χ3n) is 5.88. The van der Waals surface area contributed by atoms with Gasteiger partial charge in [0.1, 0.15) is 0 Å². The molecule has 6 nitrogen and oxygen atoms in total. The number of nitrogens with zero attached hydrogens (tertiary/aromatic N) is 4. The number of piperazine rings is 1. The van der Waals surface area contributed by atoms with Crippen LogP contribution in [0.3, 0.4) is 0 Å². The van der Waals surface area contributed by atoms with Crippen molar-refractivity contribution in [3.8, 4) is 0 Å². The van der Waals surface area contributed by atoms with Crippen molar-refractivity contribution >= 4 is 11.6 Å². The van der Waals surface area contributed by atoms with Crippen LogP contribution in [0.25, 0.3) is 0 Å². The summed E-state index contributed by atoms with van der Waals surface area (Å²) in [6, 6.07) is 6.43. The highest BCUT2D eigenvalue weighted by Crippen LogP contribution is 2.26. The maximum absolute atomic E-state index is 13.1. The number of amides is 1. The number of rotatable bonds is 3. The summed E-state index contributed by atoms with van der Waals surface area (Å²) in [4.78, 5) is 17.5. The molecule has 2 aromatic rings. The molecule has 0 N–H and O–H groups in total. The molecule has 0 unspecified atom stereocenters. The van der Waals surface area contributed by atoms with Crippen LogP contribution in [-0.2, 0) is 24.3 Å². The minimum atomic E-state index is 0.0459. The van der Waals surface area contributed by atoms with E-state index >= 15 is 0 Å². The lowest BCUT2D eigenvalue weighted by atomic mass is 10.1. The molecule has 0 radical (unpaired) electrons. The molecule has 6 heteroatoms. The number of anilines is 1. The van der Waals surface area contributed by atoms with Crippen LogP contribution in [0.2, 0.25) is 0 Å². The van der Waals surface area contributed by atoms with Gasteiger partial charge in [-0.1, -0.05) is 12.1 Å². The molecule has 0 atom stereocenters. The Hall–Kier alpha value is -2.34. The molecule has 1 amide bonds. The summed E-state index contributed by atoms with van der Waals surface area (Å²) in [5, 5.41) is 4.62. The normalized spacial score (nSPS) is 17.1. The zero-order valence-electron chi connectivity index (χ0n) is 16.5.